The van der Waals surface area contributed by atoms with Crippen LogP contribution in [0.4, 0.5) is 10.5 Å². The van der Waals surface area contributed by atoms with Crippen LogP contribution in [-0.2, 0) is 11.2 Å². The summed E-state index contributed by atoms with van der Waals surface area (Å²) in [7, 11) is 0. The Kier molecular flexibility index (Phi) is 4.50. The summed E-state index contributed by atoms with van der Waals surface area (Å²) >= 11 is 0. The Morgan fingerprint density at radius 1 is 1.33 bits per heavy atom. The maximum absolute atomic E-state index is 12.0. The SMILES string of the molecule is CC1(C)CCC(NC(=O)Nc2ccccc2CC(=O)O)C1. The second kappa shape index (κ2) is 6.16. The summed E-state index contributed by atoms with van der Waals surface area (Å²) in [6, 6.07) is 6.89. The van der Waals surface area contributed by atoms with E-state index < -0.39 is 5.97 Å². The fourth-order valence-corrected chi connectivity index (χ4v) is 2.86. The molecule has 1 saturated carbocycles. The number of amides is 2. The summed E-state index contributed by atoms with van der Waals surface area (Å²) in [5.74, 6) is -0.915. The van der Waals surface area contributed by atoms with E-state index in [1.165, 1.54) is 0 Å². The molecule has 0 aliphatic heterocycles. The van der Waals surface area contributed by atoms with Gasteiger partial charge in [0.05, 0.1) is 6.42 Å². The largest absolute Gasteiger partial charge is 0.481 e. The summed E-state index contributed by atoms with van der Waals surface area (Å²) in [6.07, 6.45) is 2.95. The minimum Gasteiger partial charge on any atom is -0.481 e. The van der Waals surface area contributed by atoms with Crippen molar-refractivity contribution in [1.82, 2.24) is 5.32 Å². The van der Waals surface area contributed by atoms with E-state index in [2.05, 4.69) is 24.5 Å². The van der Waals surface area contributed by atoms with Crippen molar-refractivity contribution in [1.29, 1.82) is 0 Å². The van der Waals surface area contributed by atoms with E-state index >= 15 is 0 Å². The predicted octanol–water partition coefficient (Wildman–Crippen LogP) is 3.01. The highest BCUT2D eigenvalue weighted by Gasteiger charge is 2.31. The number of hydrogen-bond acceptors (Lipinski definition) is 2. The molecule has 5 heteroatoms. The van der Waals surface area contributed by atoms with Gasteiger partial charge >= 0.3 is 12.0 Å². The quantitative estimate of drug-likeness (QED) is 0.797. The number of benzene rings is 1. The van der Waals surface area contributed by atoms with Crippen molar-refractivity contribution in [2.75, 3.05) is 5.32 Å². The number of carboxylic acids is 1. The number of carbonyl (C=O) groups excluding carboxylic acids is 1. The zero-order valence-corrected chi connectivity index (χ0v) is 12.5. The number of para-hydroxylation sites is 1. The summed E-state index contributed by atoms with van der Waals surface area (Å²) in [4.78, 5) is 22.9. The number of anilines is 1. The third kappa shape index (κ3) is 4.48. The zero-order chi connectivity index (χ0) is 15.5. The average Bonchev–Trinajstić information content (AvgIpc) is 2.70. The molecule has 0 spiro atoms. The lowest BCUT2D eigenvalue weighted by molar-refractivity contribution is -0.136. The lowest BCUT2D eigenvalue weighted by Gasteiger charge is -2.18. The smallest absolute Gasteiger partial charge is 0.319 e. The van der Waals surface area contributed by atoms with Gasteiger partial charge in [-0.2, -0.15) is 0 Å². The Bertz CT molecular complexity index is 540. The van der Waals surface area contributed by atoms with Crippen molar-refractivity contribution in [2.45, 2.75) is 45.6 Å². The van der Waals surface area contributed by atoms with Gasteiger partial charge in [0.15, 0.2) is 0 Å². The Morgan fingerprint density at radius 2 is 2.05 bits per heavy atom. The lowest BCUT2D eigenvalue weighted by atomic mass is 9.92. The fourth-order valence-electron chi connectivity index (χ4n) is 2.86. The van der Waals surface area contributed by atoms with E-state index in [0.717, 1.165) is 19.3 Å². The Morgan fingerprint density at radius 3 is 2.67 bits per heavy atom. The molecule has 0 aromatic heterocycles. The molecule has 1 aromatic rings. The van der Waals surface area contributed by atoms with Crippen molar-refractivity contribution in [3.05, 3.63) is 29.8 Å². The minimum atomic E-state index is -0.915. The number of rotatable bonds is 4. The second-order valence-electron chi connectivity index (χ2n) is 6.43. The molecule has 1 unspecified atom stereocenters. The number of aliphatic carboxylic acids is 1. The Labute approximate surface area is 124 Å². The van der Waals surface area contributed by atoms with Gasteiger partial charge < -0.3 is 15.7 Å². The highest BCUT2D eigenvalue weighted by atomic mass is 16.4. The second-order valence-corrected chi connectivity index (χ2v) is 6.43. The molecule has 114 valence electrons. The molecule has 1 aliphatic carbocycles. The summed E-state index contributed by atoms with van der Waals surface area (Å²) < 4.78 is 0. The molecular weight excluding hydrogens is 268 g/mol. The van der Waals surface area contributed by atoms with Crippen LogP contribution in [0.5, 0.6) is 0 Å². The zero-order valence-electron chi connectivity index (χ0n) is 12.5. The standard InChI is InChI=1S/C16H22N2O3/c1-16(2)8-7-12(10-16)17-15(21)18-13-6-4-3-5-11(13)9-14(19)20/h3-6,12H,7-10H2,1-2H3,(H,19,20)(H2,17,18,21). The monoisotopic (exact) mass is 290 g/mol. The van der Waals surface area contributed by atoms with Crippen molar-refractivity contribution < 1.29 is 14.7 Å². The number of urea groups is 1. The number of carbonyl (C=O) groups is 2. The Hall–Kier alpha value is -2.04. The van der Waals surface area contributed by atoms with Gasteiger partial charge in [-0.25, -0.2) is 4.79 Å². The van der Waals surface area contributed by atoms with Crippen LogP contribution >= 0.6 is 0 Å². The van der Waals surface area contributed by atoms with E-state index in [0.29, 0.717) is 11.3 Å². The van der Waals surface area contributed by atoms with Crippen LogP contribution in [0.1, 0.15) is 38.7 Å². The van der Waals surface area contributed by atoms with Crippen LogP contribution < -0.4 is 10.6 Å². The molecule has 0 bridgehead atoms. The lowest BCUT2D eigenvalue weighted by Crippen LogP contribution is -2.37. The topological polar surface area (TPSA) is 78.4 Å². The molecular formula is C16H22N2O3. The number of nitrogens with one attached hydrogen (secondary N) is 2. The van der Waals surface area contributed by atoms with Crippen LogP contribution in [0, 0.1) is 5.41 Å². The predicted molar refractivity (Wildman–Crippen MR) is 81.4 cm³/mol. The van der Waals surface area contributed by atoms with Crippen LogP contribution in [0.25, 0.3) is 0 Å². The van der Waals surface area contributed by atoms with Crippen molar-refractivity contribution in [2.24, 2.45) is 5.41 Å². The van der Waals surface area contributed by atoms with Crippen LogP contribution in [-0.4, -0.2) is 23.1 Å². The summed E-state index contributed by atoms with van der Waals surface area (Å²) in [5.41, 5.74) is 1.43. The summed E-state index contributed by atoms with van der Waals surface area (Å²) in [6.45, 7) is 4.41. The third-order valence-corrected chi connectivity index (χ3v) is 3.91. The normalized spacial score (nSPS) is 20.0. The van der Waals surface area contributed by atoms with Gasteiger partial charge in [-0.3, -0.25) is 4.79 Å². The molecule has 3 N–H and O–H groups in total. The van der Waals surface area contributed by atoms with E-state index in [1.54, 1.807) is 24.3 Å². The molecule has 0 radical (unpaired) electrons. The van der Waals surface area contributed by atoms with Crippen molar-refractivity contribution in [3.8, 4) is 0 Å². The van der Waals surface area contributed by atoms with Gasteiger partial charge in [0.2, 0.25) is 0 Å². The van der Waals surface area contributed by atoms with Gasteiger partial charge in [-0.1, -0.05) is 32.0 Å². The van der Waals surface area contributed by atoms with Crippen LogP contribution in [0.2, 0.25) is 0 Å². The highest BCUT2D eigenvalue weighted by Crippen LogP contribution is 2.36. The molecule has 1 atom stereocenters. The maximum Gasteiger partial charge on any atom is 0.319 e. The van der Waals surface area contributed by atoms with Gasteiger partial charge in [0, 0.05) is 11.7 Å². The van der Waals surface area contributed by atoms with E-state index in [-0.39, 0.29) is 23.9 Å². The molecule has 1 fully saturated rings. The molecule has 2 amide bonds. The molecule has 1 aliphatic rings. The van der Waals surface area contributed by atoms with E-state index in [4.69, 9.17) is 5.11 Å². The first-order valence-corrected chi connectivity index (χ1v) is 7.23. The van der Waals surface area contributed by atoms with Crippen molar-refractivity contribution >= 4 is 17.7 Å². The molecule has 2 rings (SSSR count). The van der Waals surface area contributed by atoms with Crippen LogP contribution in [0.15, 0.2) is 24.3 Å². The molecule has 1 aromatic carbocycles. The third-order valence-electron chi connectivity index (χ3n) is 3.91. The Balaban J connectivity index is 1.95. The van der Waals surface area contributed by atoms with E-state index in [1.807, 2.05) is 0 Å². The van der Waals surface area contributed by atoms with Gasteiger partial charge in [-0.15, -0.1) is 0 Å². The summed E-state index contributed by atoms with van der Waals surface area (Å²) in [5, 5.41) is 14.6. The molecule has 0 heterocycles. The fraction of sp³-hybridized carbons (Fsp3) is 0.500. The maximum atomic E-state index is 12.0. The van der Waals surface area contributed by atoms with Gasteiger partial charge in [0.1, 0.15) is 0 Å². The van der Waals surface area contributed by atoms with Gasteiger partial charge in [0.25, 0.3) is 0 Å². The van der Waals surface area contributed by atoms with Gasteiger partial charge in [-0.05, 0) is 36.3 Å². The minimum absolute atomic E-state index is 0.104. The van der Waals surface area contributed by atoms with Crippen LogP contribution in [0.3, 0.4) is 0 Å². The van der Waals surface area contributed by atoms with E-state index in [9.17, 15) is 9.59 Å². The molecule has 0 saturated heterocycles. The van der Waals surface area contributed by atoms with Crippen molar-refractivity contribution in [3.63, 3.8) is 0 Å². The molecule has 21 heavy (non-hydrogen) atoms. The first-order chi connectivity index (χ1) is 9.85. The number of hydrogen-bond donors (Lipinski definition) is 3. The number of carboxylic acid groups (broad SMARTS) is 1. The molecule has 5 nitrogen and oxygen atoms in total. The first-order valence-electron chi connectivity index (χ1n) is 7.23. The highest BCUT2D eigenvalue weighted by molar-refractivity contribution is 5.91. The first kappa shape index (κ1) is 15.4. The average molecular weight is 290 g/mol.